The Labute approximate surface area is 171 Å². The molecule has 0 aromatic carbocycles. The number of piperidine rings is 1. The first-order valence-corrected chi connectivity index (χ1v) is 10.2. The molecular weight excluding hydrogens is 366 g/mol. The number of ether oxygens (including phenoxy) is 1. The zero-order chi connectivity index (χ0) is 20.3. The first-order chi connectivity index (χ1) is 14.0. The van der Waals surface area contributed by atoms with Gasteiger partial charge in [-0.1, -0.05) is 0 Å². The molecule has 2 aliphatic heterocycles. The molecule has 3 N–H and O–H groups in total. The van der Waals surface area contributed by atoms with Gasteiger partial charge in [0.05, 0.1) is 18.7 Å². The predicted octanol–water partition coefficient (Wildman–Crippen LogP) is 2.18. The fourth-order valence-electron chi connectivity index (χ4n) is 3.98. The zero-order valence-electron chi connectivity index (χ0n) is 17.1. The second-order valence-corrected chi connectivity index (χ2v) is 8.26. The van der Waals surface area contributed by atoms with Gasteiger partial charge in [0, 0.05) is 42.7 Å². The summed E-state index contributed by atoms with van der Waals surface area (Å²) in [6, 6.07) is 3.82. The average molecular weight is 396 g/mol. The summed E-state index contributed by atoms with van der Waals surface area (Å²) in [6.07, 6.45) is 7.42. The Balaban J connectivity index is 1.57. The van der Waals surface area contributed by atoms with E-state index in [2.05, 4.69) is 44.0 Å². The first-order valence-electron chi connectivity index (χ1n) is 10.2. The zero-order valence-corrected chi connectivity index (χ0v) is 17.1. The molecule has 1 atom stereocenters. The van der Waals surface area contributed by atoms with Gasteiger partial charge >= 0.3 is 0 Å². The number of nitrogens with one attached hydrogen (secondary N) is 1. The monoisotopic (exact) mass is 395 g/mol. The highest BCUT2D eigenvalue weighted by Gasteiger charge is 2.28. The van der Waals surface area contributed by atoms with Crippen molar-refractivity contribution >= 4 is 29.0 Å². The minimum absolute atomic E-state index is 0.111. The lowest BCUT2D eigenvalue weighted by Gasteiger charge is -2.36. The van der Waals surface area contributed by atoms with Crippen LogP contribution in [0.15, 0.2) is 35.1 Å². The number of anilines is 1. The quantitative estimate of drug-likeness (QED) is 0.765. The normalized spacial score (nSPS) is 23.0. The number of nitrogens with zero attached hydrogens (tertiary/aromatic N) is 5. The van der Waals surface area contributed by atoms with Crippen LogP contribution in [0.25, 0.3) is 11.0 Å². The smallest absolute Gasteiger partial charge is 0.251 e. The van der Waals surface area contributed by atoms with Crippen LogP contribution in [0.2, 0.25) is 0 Å². The molecule has 4 heterocycles. The third-order valence-corrected chi connectivity index (χ3v) is 5.52. The van der Waals surface area contributed by atoms with E-state index in [1.54, 1.807) is 12.4 Å². The Morgan fingerprint density at radius 2 is 2.17 bits per heavy atom. The van der Waals surface area contributed by atoms with Gasteiger partial charge in [-0.3, -0.25) is 4.98 Å². The van der Waals surface area contributed by atoms with Crippen molar-refractivity contribution in [2.75, 3.05) is 37.7 Å². The Morgan fingerprint density at radius 3 is 2.97 bits per heavy atom. The van der Waals surface area contributed by atoms with E-state index in [0.717, 1.165) is 55.0 Å². The number of rotatable bonds is 4. The maximum atomic E-state index is 6.34. The van der Waals surface area contributed by atoms with Crippen molar-refractivity contribution in [2.24, 2.45) is 16.6 Å². The summed E-state index contributed by atoms with van der Waals surface area (Å²) >= 11 is 0. The largest absolute Gasteiger partial charge is 0.402 e. The predicted molar refractivity (Wildman–Crippen MR) is 116 cm³/mol. The van der Waals surface area contributed by atoms with Gasteiger partial charge in [0.25, 0.3) is 5.95 Å². The van der Waals surface area contributed by atoms with Gasteiger partial charge in [-0.2, -0.15) is 4.98 Å². The fourth-order valence-corrected chi connectivity index (χ4v) is 3.98. The summed E-state index contributed by atoms with van der Waals surface area (Å²) in [5.74, 6) is 1.59. The molecule has 8 heteroatoms. The Morgan fingerprint density at radius 1 is 1.34 bits per heavy atom. The van der Waals surface area contributed by atoms with Gasteiger partial charge in [-0.05, 0) is 51.4 Å². The van der Waals surface area contributed by atoms with Crippen molar-refractivity contribution in [1.29, 1.82) is 0 Å². The number of pyridine rings is 1. The van der Waals surface area contributed by atoms with Gasteiger partial charge in [0.2, 0.25) is 0 Å². The van der Waals surface area contributed by atoms with E-state index < -0.39 is 0 Å². The number of aliphatic imine (C=N–C) groups is 1. The number of morpholine rings is 1. The number of nitrogens with two attached hydrogens (primary N) is 1. The van der Waals surface area contributed by atoms with E-state index in [4.69, 9.17) is 10.5 Å². The standard InChI is InChI=1S/C21H29N7O/c1-21(2)14-15(5-9-25-21)16(22)6-8-24-20-26-17-4-3-7-23-18(17)19(27-20)28-10-12-29-13-11-28/h3-4,6-8,15,25H,5,9-14,22H2,1-2H3. The molecule has 0 bridgehead atoms. The SMILES string of the molecule is CC1(C)CC(C(N)=CC=Nc2nc(N3CCOCC3)c3ncccc3n2)CCN1. The maximum Gasteiger partial charge on any atom is 0.251 e. The van der Waals surface area contributed by atoms with Crippen LogP contribution in [-0.2, 0) is 4.74 Å². The van der Waals surface area contributed by atoms with E-state index in [1.165, 1.54) is 0 Å². The summed E-state index contributed by atoms with van der Waals surface area (Å²) in [5, 5.41) is 3.52. The Kier molecular flexibility index (Phi) is 5.73. The molecule has 0 aliphatic carbocycles. The molecule has 1 unspecified atom stereocenters. The molecule has 0 radical (unpaired) electrons. The van der Waals surface area contributed by atoms with Crippen LogP contribution < -0.4 is 16.0 Å². The van der Waals surface area contributed by atoms with Crippen LogP contribution in [0, 0.1) is 5.92 Å². The average Bonchev–Trinajstić information content (AvgIpc) is 2.73. The van der Waals surface area contributed by atoms with Crippen LogP contribution in [0.3, 0.4) is 0 Å². The van der Waals surface area contributed by atoms with Crippen LogP contribution in [0.5, 0.6) is 0 Å². The molecule has 8 nitrogen and oxygen atoms in total. The number of aromatic nitrogens is 3. The number of hydrogen-bond donors (Lipinski definition) is 2. The van der Waals surface area contributed by atoms with E-state index in [9.17, 15) is 0 Å². The second-order valence-electron chi connectivity index (χ2n) is 8.26. The molecule has 0 spiro atoms. The molecule has 0 amide bonds. The van der Waals surface area contributed by atoms with Crippen molar-refractivity contribution < 1.29 is 4.74 Å². The highest BCUT2D eigenvalue weighted by molar-refractivity contribution is 5.87. The third kappa shape index (κ3) is 4.71. The van der Waals surface area contributed by atoms with Crippen molar-refractivity contribution in [2.45, 2.75) is 32.2 Å². The first kappa shape index (κ1) is 19.7. The van der Waals surface area contributed by atoms with E-state index in [1.807, 2.05) is 18.2 Å². The van der Waals surface area contributed by atoms with Crippen LogP contribution in [0.1, 0.15) is 26.7 Å². The lowest BCUT2D eigenvalue weighted by Crippen LogP contribution is -2.47. The summed E-state index contributed by atoms with van der Waals surface area (Å²) in [5.41, 5.74) is 8.89. The molecule has 29 heavy (non-hydrogen) atoms. The molecular formula is C21H29N7O. The minimum Gasteiger partial charge on any atom is -0.402 e. The summed E-state index contributed by atoms with van der Waals surface area (Å²) < 4.78 is 5.47. The lowest BCUT2D eigenvalue weighted by molar-refractivity contribution is 0.122. The van der Waals surface area contributed by atoms with Gasteiger partial charge in [0.15, 0.2) is 5.82 Å². The number of fused-ring (bicyclic) bond motifs is 1. The minimum atomic E-state index is 0.111. The van der Waals surface area contributed by atoms with Crippen molar-refractivity contribution in [3.8, 4) is 0 Å². The topological polar surface area (TPSA) is 102 Å². The molecule has 2 aromatic rings. The number of allylic oxidation sites excluding steroid dienone is 2. The molecule has 154 valence electrons. The molecule has 4 rings (SSSR count). The molecule has 2 aliphatic rings. The summed E-state index contributed by atoms with van der Waals surface area (Å²) in [6.45, 7) is 8.34. The molecule has 2 saturated heterocycles. The van der Waals surface area contributed by atoms with Gasteiger partial charge in [-0.15, -0.1) is 0 Å². The molecule has 2 fully saturated rings. The lowest BCUT2D eigenvalue weighted by atomic mass is 9.83. The van der Waals surface area contributed by atoms with Crippen LogP contribution in [-0.4, -0.2) is 59.6 Å². The van der Waals surface area contributed by atoms with Crippen molar-refractivity contribution in [3.63, 3.8) is 0 Å². The highest BCUT2D eigenvalue weighted by atomic mass is 16.5. The van der Waals surface area contributed by atoms with Gasteiger partial charge < -0.3 is 20.7 Å². The van der Waals surface area contributed by atoms with Crippen molar-refractivity contribution in [1.82, 2.24) is 20.3 Å². The highest BCUT2D eigenvalue weighted by Crippen LogP contribution is 2.27. The van der Waals surface area contributed by atoms with Gasteiger partial charge in [0.1, 0.15) is 5.52 Å². The van der Waals surface area contributed by atoms with Crippen molar-refractivity contribution in [3.05, 3.63) is 30.1 Å². The summed E-state index contributed by atoms with van der Waals surface area (Å²) in [7, 11) is 0. The number of hydrogen-bond acceptors (Lipinski definition) is 8. The molecule has 0 saturated carbocycles. The van der Waals surface area contributed by atoms with Gasteiger partial charge in [-0.25, -0.2) is 9.98 Å². The maximum absolute atomic E-state index is 6.34. The Hall–Kier alpha value is -2.58. The van der Waals surface area contributed by atoms with E-state index >= 15 is 0 Å². The third-order valence-electron chi connectivity index (χ3n) is 5.52. The van der Waals surface area contributed by atoms with Crippen LogP contribution in [0.4, 0.5) is 11.8 Å². The Bertz CT molecular complexity index is 918. The van der Waals surface area contributed by atoms with Crippen LogP contribution >= 0.6 is 0 Å². The fraction of sp³-hybridized carbons (Fsp3) is 0.524. The van der Waals surface area contributed by atoms with E-state index in [-0.39, 0.29) is 5.54 Å². The second kappa shape index (κ2) is 8.42. The molecule has 2 aromatic heterocycles. The summed E-state index contributed by atoms with van der Waals surface area (Å²) in [4.78, 5) is 20.4. The van der Waals surface area contributed by atoms with E-state index in [0.29, 0.717) is 25.1 Å².